The standard InChI is InChI=1S/C14H22N6/c1-4-15-13-11-8-16-19(3)14(11)18-12(17-13)9-20(5-2)10-6-7-10/h8,10H,4-7,9H2,1-3H3,(H,15,17,18). The summed E-state index contributed by atoms with van der Waals surface area (Å²) in [5.41, 5.74) is 0.901. The van der Waals surface area contributed by atoms with Crippen molar-refractivity contribution >= 4 is 16.9 Å². The van der Waals surface area contributed by atoms with Gasteiger partial charge in [0.1, 0.15) is 11.6 Å². The van der Waals surface area contributed by atoms with E-state index in [0.717, 1.165) is 48.4 Å². The van der Waals surface area contributed by atoms with Crippen LogP contribution in [0.25, 0.3) is 11.0 Å². The van der Waals surface area contributed by atoms with Crippen molar-refractivity contribution < 1.29 is 0 Å². The summed E-state index contributed by atoms with van der Waals surface area (Å²) in [6.07, 6.45) is 4.44. The van der Waals surface area contributed by atoms with Crippen molar-refractivity contribution in [3.8, 4) is 0 Å². The molecule has 0 aliphatic heterocycles. The minimum Gasteiger partial charge on any atom is -0.370 e. The minimum absolute atomic E-state index is 0.730. The third-order valence-corrected chi connectivity index (χ3v) is 3.80. The van der Waals surface area contributed by atoms with Crippen LogP contribution in [0.3, 0.4) is 0 Å². The molecule has 0 radical (unpaired) electrons. The second kappa shape index (κ2) is 5.36. The van der Waals surface area contributed by atoms with Crippen LogP contribution in [0.5, 0.6) is 0 Å². The Balaban J connectivity index is 1.95. The molecule has 2 aromatic rings. The van der Waals surface area contributed by atoms with Crippen LogP contribution in [-0.2, 0) is 13.6 Å². The summed E-state index contributed by atoms with van der Waals surface area (Å²) >= 11 is 0. The summed E-state index contributed by atoms with van der Waals surface area (Å²) in [5.74, 6) is 1.78. The van der Waals surface area contributed by atoms with E-state index in [1.165, 1.54) is 12.8 Å². The van der Waals surface area contributed by atoms with E-state index in [4.69, 9.17) is 0 Å². The highest BCUT2D eigenvalue weighted by atomic mass is 15.3. The molecule has 0 spiro atoms. The van der Waals surface area contributed by atoms with E-state index in [1.807, 2.05) is 17.9 Å². The van der Waals surface area contributed by atoms with Crippen molar-refractivity contribution in [1.82, 2.24) is 24.6 Å². The molecule has 1 N–H and O–H groups in total. The van der Waals surface area contributed by atoms with Crippen molar-refractivity contribution in [3.63, 3.8) is 0 Å². The molecule has 6 nitrogen and oxygen atoms in total. The number of aromatic nitrogens is 4. The maximum Gasteiger partial charge on any atom is 0.163 e. The van der Waals surface area contributed by atoms with Gasteiger partial charge in [0.25, 0.3) is 0 Å². The van der Waals surface area contributed by atoms with Crippen LogP contribution in [0.1, 0.15) is 32.5 Å². The highest BCUT2D eigenvalue weighted by Gasteiger charge is 2.28. The van der Waals surface area contributed by atoms with Gasteiger partial charge >= 0.3 is 0 Å². The monoisotopic (exact) mass is 274 g/mol. The maximum absolute atomic E-state index is 4.68. The Bertz CT molecular complexity index is 601. The lowest BCUT2D eigenvalue weighted by Crippen LogP contribution is -2.26. The average molecular weight is 274 g/mol. The van der Waals surface area contributed by atoms with E-state index >= 15 is 0 Å². The molecule has 20 heavy (non-hydrogen) atoms. The van der Waals surface area contributed by atoms with Gasteiger partial charge in [0.05, 0.1) is 18.1 Å². The first kappa shape index (κ1) is 13.3. The summed E-state index contributed by atoms with van der Waals surface area (Å²) in [7, 11) is 1.92. The highest BCUT2D eigenvalue weighted by molar-refractivity contribution is 5.86. The summed E-state index contributed by atoms with van der Waals surface area (Å²) in [6.45, 7) is 6.99. The third kappa shape index (κ3) is 2.47. The fourth-order valence-corrected chi connectivity index (χ4v) is 2.56. The normalized spacial score (nSPS) is 15.2. The number of nitrogens with one attached hydrogen (secondary N) is 1. The molecule has 0 bridgehead atoms. The first-order valence-corrected chi connectivity index (χ1v) is 7.39. The summed E-state index contributed by atoms with van der Waals surface area (Å²) in [6, 6.07) is 0.730. The van der Waals surface area contributed by atoms with Gasteiger partial charge in [-0.25, -0.2) is 9.97 Å². The maximum atomic E-state index is 4.68. The van der Waals surface area contributed by atoms with Crippen LogP contribution in [0.4, 0.5) is 5.82 Å². The second-order valence-electron chi connectivity index (χ2n) is 5.32. The molecule has 1 aliphatic rings. The van der Waals surface area contributed by atoms with E-state index in [2.05, 4.69) is 39.1 Å². The van der Waals surface area contributed by atoms with Gasteiger partial charge in [-0.2, -0.15) is 5.10 Å². The molecule has 0 unspecified atom stereocenters. The second-order valence-corrected chi connectivity index (χ2v) is 5.32. The third-order valence-electron chi connectivity index (χ3n) is 3.80. The van der Waals surface area contributed by atoms with Crippen LogP contribution < -0.4 is 5.32 Å². The van der Waals surface area contributed by atoms with E-state index in [0.29, 0.717) is 0 Å². The molecule has 0 aromatic carbocycles. The quantitative estimate of drug-likeness (QED) is 0.870. The zero-order chi connectivity index (χ0) is 14.1. The lowest BCUT2D eigenvalue weighted by Gasteiger charge is -2.19. The lowest BCUT2D eigenvalue weighted by atomic mass is 10.3. The molecule has 3 rings (SSSR count). The molecule has 2 aromatic heterocycles. The molecule has 1 saturated carbocycles. The number of hydrogen-bond acceptors (Lipinski definition) is 5. The van der Waals surface area contributed by atoms with Crippen LogP contribution in [0.15, 0.2) is 6.20 Å². The molecule has 0 atom stereocenters. The molecule has 1 fully saturated rings. The number of hydrogen-bond donors (Lipinski definition) is 1. The van der Waals surface area contributed by atoms with Gasteiger partial charge in [-0.3, -0.25) is 9.58 Å². The molecule has 0 amide bonds. The summed E-state index contributed by atoms with van der Waals surface area (Å²) in [4.78, 5) is 11.8. The van der Waals surface area contributed by atoms with E-state index in [1.54, 1.807) is 0 Å². The van der Waals surface area contributed by atoms with Crippen LogP contribution in [0, 0.1) is 0 Å². The van der Waals surface area contributed by atoms with E-state index in [9.17, 15) is 0 Å². The summed E-state index contributed by atoms with van der Waals surface area (Å²) in [5, 5.41) is 8.60. The first-order chi connectivity index (χ1) is 9.72. The number of fused-ring (bicyclic) bond motifs is 1. The number of aryl methyl sites for hydroxylation is 1. The zero-order valence-corrected chi connectivity index (χ0v) is 12.4. The van der Waals surface area contributed by atoms with Crippen molar-refractivity contribution in [3.05, 3.63) is 12.0 Å². The smallest absolute Gasteiger partial charge is 0.163 e. The largest absolute Gasteiger partial charge is 0.370 e. The Hall–Kier alpha value is -1.69. The fraction of sp³-hybridized carbons (Fsp3) is 0.643. The number of anilines is 1. The SMILES string of the molecule is CCNc1nc(CN(CC)C2CC2)nc2c1cnn2C. The Morgan fingerprint density at radius 3 is 2.80 bits per heavy atom. The van der Waals surface area contributed by atoms with Gasteiger partial charge < -0.3 is 5.32 Å². The minimum atomic E-state index is 0.730. The molecule has 0 saturated heterocycles. The zero-order valence-electron chi connectivity index (χ0n) is 12.4. The van der Waals surface area contributed by atoms with Gasteiger partial charge in [0.2, 0.25) is 0 Å². The lowest BCUT2D eigenvalue weighted by molar-refractivity contribution is 0.263. The number of nitrogens with zero attached hydrogens (tertiary/aromatic N) is 5. The van der Waals surface area contributed by atoms with Crippen molar-refractivity contribution in [2.24, 2.45) is 7.05 Å². The van der Waals surface area contributed by atoms with E-state index in [-0.39, 0.29) is 0 Å². The van der Waals surface area contributed by atoms with Gasteiger partial charge in [0.15, 0.2) is 5.65 Å². The van der Waals surface area contributed by atoms with Crippen molar-refractivity contribution in [2.75, 3.05) is 18.4 Å². The van der Waals surface area contributed by atoms with Gasteiger partial charge in [-0.15, -0.1) is 0 Å². The summed E-state index contributed by atoms with van der Waals surface area (Å²) < 4.78 is 1.81. The Kier molecular flexibility index (Phi) is 3.56. The molecule has 6 heteroatoms. The van der Waals surface area contributed by atoms with Gasteiger partial charge in [0, 0.05) is 19.6 Å². The average Bonchev–Trinajstić information content (AvgIpc) is 3.22. The Morgan fingerprint density at radius 1 is 1.35 bits per heavy atom. The van der Waals surface area contributed by atoms with Crippen LogP contribution >= 0.6 is 0 Å². The van der Waals surface area contributed by atoms with E-state index < -0.39 is 0 Å². The van der Waals surface area contributed by atoms with Gasteiger partial charge in [-0.05, 0) is 26.3 Å². The van der Waals surface area contributed by atoms with Crippen LogP contribution in [0.2, 0.25) is 0 Å². The predicted molar refractivity (Wildman–Crippen MR) is 79.6 cm³/mol. The van der Waals surface area contributed by atoms with Crippen LogP contribution in [-0.4, -0.2) is 43.8 Å². The Labute approximate surface area is 119 Å². The molecular weight excluding hydrogens is 252 g/mol. The topological polar surface area (TPSA) is 58.9 Å². The molecule has 2 heterocycles. The van der Waals surface area contributed by atoms with Crippen molar-refractivity contribution in [2.45, 2.75) is 39.3 Å². The first-order valence-electron chi connectivity index (χ1n) is 7.39. The highest BCUT2D eigenvalue weighted by Crippen LogP contribution is 2.28. The molecular formula is C14H22N6. The Morgan fingerprint density at radius 2 is 2.15 bits per heavy atom. The van der Waals surface area contributed by atoms with Gasteiger partial charge in [-0.1, -0.05) is 6.92 Å². The van der Waals surface area contributed by atoms with Crippen molar-refractivity contribution in [1.29, 1.82) is 0 Å². The predicted octanol–water partition coefficient (Wildman–Crippen LogP) is 1.78. The number of rotatable bonds is 6. The molecule has 108 valence electrons. The molecule has 1 aliphatic carbocycles. The fourth-order valence-electron chi connectivity index (χ4n) is 2.56.